The van der Waals surface area contributed by atoms with Crippen LogP contribution in [0.5, 0.6) is 11.5 Å². The van der Waals surface area contributed by atoms with E-state index < -0.39 is 5.91 Å². The Morgan fingerprint density at radius 2 is 1.88 bits per heavy atom. The van der Waals surface area contributed by atoms with Crippen molar-refractivity contribution >= 4 is 17.5 Å². The molecular weight excluding hydrogens is 310 g/mol. The molecule has 0 atom stereocenters. The van der Waals surface area contributed by atoms with Gasteiger partial charge in [0.2, 0.25) is 12.7 Å². The fourth-order valence-electron chi connectivity index (χ4n) is 2.34. The summed E-state index contributed by atoms with van der Waals surface area (Å²) in [5, 5.41) is 5.71. The maximum atomic E-state index is 12.0. The zero-order valence-electron chi connectivity index (χ0n) is 12.9. The summed E-state index contributed by atoms with van der Waals surface area (Å²) in [6.07, 6.45) is 0. The maximum absolute atomic E-state index is 12.0. The topological polar surface area (TPSA) is 103 Å². The number of benzene rings is 2. The number of anilines is 1. The first-order chi connectivity index (χ1) is 11.6. The van der Waals surface area contributed by atoms with Crippen LogP contribution in [0.1, 0.15) is 15.9 Å². The standard InChI is InChI=1S/C17H17N3O4/c18-17(22)12-3-1-2-4-13(12)19-9-16(21)20-8-11-5-6-14-15(7-11)24-10-23-14/h1-7,19H,8-10H2,(H2,18,22)(H,20,21). The van der Waals surface area contributed by atoms with E-state index in [1.807, 2.05) is 18.2 Å². The molecule has 2 aromatic carbocycles. The second kappa shape index (κ2) is 6.91. The zero-order valence-corrected chi connectivity index (χ0v) is 12.9. The van der Waals surface area contributed by atoms with Crippen molar-refractivity contribution in [3.8, 4) is 11.5 Å². The van der Waals surface area contributed by atoms with Crippen LogP contribution in [-0.4, -0.2) is 25.2 Å². The minimum absolute atomic E-state index is 0.0366. The van der Waals surface area contributed by atoms with E-state index >= 15 is 0 Å². The number of nitrogens with one attached hydrogen (secondary N) is 2. The molecule has 0 bridgehead atoms. The van der Waals surface area contributed by atoms with Gasteiger partial charge in [0.25, 0.3) is 5.91 Å². The Hall–Kier alpha value is -3.22. The average Bonchev–Trinajstić information content (AvgIpc) is 3.06. The Balaban J connectivity index is 1.52. The van der Waals surface area contributed by atoms with Crippen LogP contribution in [0.3, 0.4) is 0 Å². The first-order valence-electron chi connectivity index (χ1n) is 7.41. The third kappa shape index (κ3) is 3.57. The van der Waals surface area contributed by atoms with E-state index in [0.717, 1.165) is 5.56 Å². The van der Waals surface area contributed by atoms with Crippen molar-refractivity contribution in [1.29, 1.82) is 0 Å². The molecule has 1 aliphatic heterocycles. The highest BCUT2D eigenvalue weighted by Gasteiger charge is 2.13. The van der Waals surface area contributed by atoms with Crippen LogP contribution in [0.4, 0.5) is 5.69 Å². The number of hydrogen-bond donors (Lipinski definition) is 3. The second-order valence-corrected chi connectivity index (χ2v) is 5.23. The normalized spacial score (nSPS) is 11.8. The first-order valence-corrected chi connectivity index (χ1v) is 7.41. The first kappa shape index (κ1) is 15.7. The Morgan fingerprint density at radius 1 is 1.08 bits per heavy atom. The molecule has 7 heteroatoms. The van der Waals surface area contributed by atoms with E-state index in [1.54, 1.807) is 24.3 Å². The van der Waals surface area contributed by atoms with E-state index in [-0.39, 0.29) is 19.2 Å². The summed E-state index contributed by atoms with van der Waals surface area (Å²) in [6, 6.07) is 12.3. The molecule has 0 saturated carbocycles. The van der Waals surface area contributed by atoms with Gasteiger partial charge in [-0.25, -0.2) is 0 Å². The van der Waals surface area contributed by atoms with Crippen molar-refractivity contribution in [1.82, 2.24) is 5.32 Å². The molecule has 1 heterocycles. The average molecular weight is 327 g/mol. The molecule has 0 aromatic heterocycles. The van der Waals surface area contributed by atoms with E-state index in [0.29, 0.717) is 29.3 Å². The molecule has 0 fully saturated rings. The van der Waals surface area contributed by atoms with Gasteiger partial charge < -0.3 is 25.8 Å². The van der Waals surface area contributed by atoms with Crippen molar-refractivity contribution in [2.45, 2.75) is 6.54 Å². The summed E-state index contributed by atoms with van der Waals surface area (Å²) in [4.78, 5) is 23.3. The third-order valence-electron chi connectivity index (χ3n) is 3.56. The summed E-state index contributed by atoms with van der Waals surface area (Å²) in [6.45, 7) is 0.623. The number of para-hydroxylation sites is 1. The molecule has 24 heavy (non-hydrogen) atoms. The van der Waals surface area contributed by atoms with Gasteiger partial charge in [-0.3, -0.25) is 9.59 Å². The number of carbonyl (C=O) groups is 2. The fraction of sp³-hybridized carbons (Fsp3) is 0.176. The number of rotatable bonds is 6. The lowest BCUT2D eigenvalue weighted by molar-refractivity contribution is -0.119. The Kier molecular flexibility index (Phi) is 4.51. The monoisotopic (exact) mass is 327 g/mol. The molecule has 0 aliphatic carbocycles. The van der Waals surface area contributed by atoms with Gasteiger partial charge in [0.05, 0.1) is 12.1 Å². The molecule has 4 N–H and O–H groups in total. The number of carbonyl (C=O) groups excluding carboxylic acids is 2. The van der Waals surface area contributed by atoms with E-state index in [9.17, 15) is 9.59 Å². The summed E-state index contributed by atoms with van der Waals surface area (Å²) in [5.74, 6) is 0.635. The van der Waals surface area contributed by atoms with Crippen molar-refractivity contribution in [3.63, 3.8) is 0 Å². The van der Waals surface area contributed by atoms with Gasteiger partial charge in [-0.15, -0.1) is 0 Å². The fourth-order valence-corrected chi connectivity index (χ4v) is 2.34. The molecule has 0 radical (unpaired) electrons. The zero-order chi connectivity index (χ0) is 16.9. The summed E-state index contributed by atoms with van der Waals surface area (Å²) < 4.78 is 10.5. The molecule has 2 aromatic rings. The number of hydrogen-bond acceptors (Lipinski definition) is 5. The van der Waals surface area contributed by atoms with Crippen molar-refractivity contribution < 1.29 is 19.1 Å². The van der Waals surface area contributed by atoms with Crippen LogP contribution >= 0.6 is 0 Å². The van der Waals surface area contributed by atoms with Crippen LogP contribution in [0.25, 0.3) is 0 Å². The van der Waals surface area contributed by atoms with Gasteiger partial charge >= 0.3 is 0 Å². The molecular formula is C17H17N3O4. The van der Waals surface area contributed by atoms with Crippen molar-refractivity contribution in [2.24, 2.45) is 5.73 Å². The van der Waals surface area contributed by atoms with Crippen LogP contribution in [-0.2, 0) is 11.3 Å². The molecule has 0 unspecified atom stereocenters. The highest BCUT2D eigenvalue weighted by atomic mass is 16.7. The van der Waals surface area contributed by atoms with E-state index in [2.05, 4.69) is 10.6 Å². The lowest BCUT2D eigenvalue weighted by atomic mass is 10.1. The SMILES string of the molecule is NC(=O)c1ccccc1NCC(=O)NCc1ccc2c(c1)OCO2. The van der Waals surface area contributed by atoms with Gasteiger partial charge in [0.15, 0.2) is 11.5 Å². The van der Waals surface area contributed by atoms with Crippen LogP contribution < -0.4 is 25.8 Å². The van der Waals surface area contributed by atoms with Gasteiger partial charge in [-0.2, -0.15) is 0 Å². The minimum Gasteiger partial charge on any atom is -0.454 e. The summed E-state index contributed by atoms with van der Waals surface area (Å²) >= 11 is 0. The number of amides is 2. The van der Waals surface area contributed by atoms with Gasteiger partial charge in [-0.05, 0) is 29.8 Å². The molecule has 2 amide bonds. The van der Waals surface area contributed by atoms with Gasteiger partial charge in [-0.1, -0.05) is 18.2 Å². The lowest BCUT2D eigenvalue weighted by Crippen LogP contribution is -2.30. The molecule has 0 saturated heterocycles. The smallest absolute Gasteiger partial charge is 0.250 e. The van der Waals surface area contributed by atoms with Crippen molar-refractivity contribution in [3.05, 3.63) is 53.6 Å². The molecule has 7 nitrogen and oxygen atoms in total. The minimum atomic E-state index is -0.543. The number of fused-ring (bicyclic) bond motifs is 1. The van der Waals surface area contributed by atoms with Crippen molar-refractivity contribution in [2.75, 3.05) is 18.7 Å². The van der Waals surface area contributed by atoms with Crippen LogP contribution in [0, 0.1) is 0 Å². The van der Waals surface area contributed by atoms with Gasteiger partial charge in [0, 0.05) is 12.2 Å². The summed E-state index contributed by atoms with van der Waals surface area (Å²) in [7, 11) is 0. The van der Waals surface area contributed by atoms with Gasteiger partial charge in [0.1, 0.15) is 0 Å². The number of nitrogens with two attached hydrogens (primary N) is 1. The molecule has 124 valence electrons. The van der Waals surface area contributed by atoms with E-state index in [4.69, 9.17) is 15.2 Å². The maximum Gasteiger partial charge on any atom is 0.250 e. The van der Waals surface area contributed by atoms with Crippen LogP contribution in [0.15, 0.2) is 42.5 Å². The highest BCUT2D eigenvalue weighted by Crippen LogP contribution is 2.32. The summed E-state index contributed by atoms with van der Waals surface area (Å²) in [5.41, 5.74) is 7.09. The van der Waals surface area contributed by atoms with E-state index in [1.165, 1.54) is 0 Å². The molecule has 1 aliphatic rings. The second-order valence-electron chi connectivity index (χ2n) is 5.23. The largest absolute Gasteiger partial charge is 0.454 e. The lowest BCUT2D eigenvalue weighted by Gasteiger charge is -2.10. The Morgan fingerprint density at radius 3 is 2.71 bits per heavy atom. The third-order valence-corrected chi connectivity index (χ3v) is 3.56. The van der Waals surface area contributed by atoms with Crippen LogP contribution in [0.2, 0.25) is 0 Å². The Bertz CT molecular complexity index is 776. The quantitative estimate of drug-likeness (QED) is 0.741. The molecule has 0 spiro atoms. The molecule has 3 rings (SSSR count). The predicted octanol–water partition coefficient (Wildman–Crippen LogP) is 1.24. The predicted molar refractivity (Wildman–Crippen MR) is 87.9 cm³/mol. The Labute approximate surface area is 138 Å². The highest BCUT2D eigenvalue weighted by molar-refractivity contribution is 5.99. The number of ether oxygens (including phenoxy) is 2. The number of primary amides is 1.